The number of amides is 2. The highest BCUT2D eigenvalue weighted by molar-refractivity contribution is 5.87. The van der Waals surface area contributed by atoms with Gasteiger partial charge in [-0.1, -0.05) is 56.3 Å². The highest BCUT2D eigenvalue weighted by atomic mass is 16.2. The third-order valence-electron chi connectivity index (χ3n) is 4.77. The number of nitrogens with zero attached hydrogens (tertiary/aromatic N) is 1. The summed E-state index contributed by atoms with van der Waals surface area (Å²) >= 11 is 0. The molecular weight excluding hydrogens is 312 g/mol. The average molecular weight is 338 g/mol. The molecule has 1 fully saturated rings. The van der Waals surface area contributed by atoms with E-state index in [9.17, 15) is 9.59 Å². The van der Waals surface area contributed by atoms with Gasteiger partial charge in [0.15, 0.2) is 0 Å². The van der Waals surface area contributed by atoms with Gasteiger partial charge >= 0.3 is 0 Å². The van der Waals surface area contributed by atoms with Crippen molar-refractivity contribution in [3.05, 3.63) is 48.0 Å². The number of rotatable bonds is 6. The van der Waals surface area contributed by atoms with Crippen molar-refractivity contribution >= 4 is 22.6 Å². The molecule has 0 spiro atoms. The van der Waals surface area contributed by atoms with Gasteiger partial charge in [-0.15, -0.1) is 0 Å². The van der Waals surface area contributed by atoms with Gasteiger partial charge in [-0.05, 0) is 28.7 Å². The first-order valence-corrected chi connectivity index (χ1v) is 9.06. The van der Waals surface area contributed by atoms with Crippen LogP contribution in [0.25, 0.3) is 10.8 Å². The van der Waals surface area contributed by atoms with E-state index in [2.05, 4.69) is 43.4 Å². The fraction of sp³-hybridized carbons (Fsp3) is 0.429. The second kappa shape index (κ2) is 7.68. The van der Waals surface area contributed by atoms with Crippen LogP contribution in [-0.4, -0.2) is 29.3 Å². The molecule has 132 valence electrons. The van der Waals surface area contributed by atoms with Crippen molar-refractivity contribution in [1.82, 2.24) is 10.2 Å². The minimum atomic E-state index is -0.0675. The first kappa shape index (κ1) is 17.5. The number of likely N-dealkylation sites (tertiary alicyclic amines) is 1. The van der Waals surface area contributed by atoms with Crippen molar-refractivity contribution in [3.63, 3.8) is 0 Å². The number of carbonyl (C=O) groups is 2. The molecule has 4 heteroatoms. The second-order valence-corrected chi connectivity index (χ2v) is 7.31. The van der Waals surface area contributed by atoms with Gasteiger partial charge in [0.05, 0.1) is 6.04 Å². The zero-order chi connectivity index (χ0) is 17.8. The SMILES string of the molecule is CC(C)CCC(=O)N[C@@H]1CC(=O)N(Cc2cccc3ccccc23)C1. The number of nitrogens with one attached hydrogen (secondary N) is 1. The average Bonchev–Trinajstić information content (AvgIpc) is 2.92. The maximum absolute atomic E-state index is 12.3. The quantitative estimate of drug-likeness (QED) is 0.876. The molecule has 4 nitrogen and oxygen atoms in total. The Morgan fingerprint density at radius 1 is 1.20 bits per heavy atom. The molecule has 1 atom stereocenters. The van der Waals surface area contributed by atoms with E-state index >= 15 is 0 Å². The van der Waals surface area contributed by atoms with E-state index in [1.165, 1.54) is 10.8 Å². The lowest BCUT2D eigenvalue weighted by atomic mass is 10.0. The van der Waals surface area contributed by atoms with Crippen LogP contribution >= 0.6 is 0 Å². The van der Waals surface area contributed by atoms with Crippen molar-refractivity contribution in [1.29, 1.82) is 0 Å². The van der Waals surface area contributed by atoms with Crippen LogP contribution in [0.15, 0.2) is 42.5 Å². The fourth-order valence-electron chi connectivity index (χ4n) is 3.38. The standard InChI is InChI=1S/C21H26N2O2/c1-15(2)10-11-20(24)22-18-12-21(25)23(14-18)13-17-8-5-7-16-6-3-4-9-19(16)17/h3-9,15,18H,10-14H2,1-2H3,(H,22,24)/t18-/m1/s1. The molecule has 1 aliphatic heterocycles. The molecule has 25 heavy (non-hydrogen) atoms. The van der Waals surface area contributed by atoms with Crippen molar-refractivity contribution in [2.75, 3.05) is 6.54 Å². The van der Waals surface area contributed by atoms with Gasteiger partial charge in [-0.2, -0.15) is 0 Å². The summed E-state index contributed by atoms with van der Waals surface area (Å²) in [4.78, 5) is 26.2. The Labute approximate surface area is 149 Å². The molecule has 0 radical (unpaired) electrons. The maximum Gasteiger partial charge on any atom is 0.225 e. The molecule has 1 saturated heterocycles. The van der Waals surface area contributed by atoms with Gasteiger partial charge in [0.1, 0.15) is 0 Å². The second-order valence-electron chi connectivity index (χ2n) is 7.31. The lowest BCUT2D eigenvalue weighted by Gasteiger charge is -2.18. The van der Waals surface area contributed by atoms with Crippen LogP contribution in [0.3, 0.4) is 0 Å². The zero-order valence-electron chi connectivity index (χ0n) is 15.0. The molecular formula is C21H26N2O2. The van der Waals surface area contributed by atoms with Crippen LogP contribution in [0.5, 0.6) is 0 Å². The van der Waals surface area contributed by atoms with Crippen molar-refractivity contribution < 1.29 is 9.59 Å². The molecule has 2 amide bonds. The smallest absolute Gasteiger partial charge is 0.225 e. The predicted octanol–water partition coefficient (Wildman–Crippen LogP) is 3.49. The van der Waals surface area contributed by atoms with E-state index in [1.807, 2.05) is 23.1 Å². The Morgan fingerprint density at radius 3 is 2.76 bits per heavy atom. The zero-order valence-corrected chi connectivity index (χ0v) is 15.0. The molecule has 0 aliphatic carbocycles. The third kappa shape index (κ3) is 4.38. The van der Waals surface area contributed by atoms with Gasteiger partial charge in [0, 0.05) is 25.9 Å². The molecule has 2 aromatic carbocycles. The van der Waals surface area contributed by atoms with Crippen LogP contribution in [0.4, 0.5) is 0 Å². The van der Waals surface area contributed by atoms with Crippen LogP contribution in [0, 0.1) is 5.92 Å². The molecule has 0 saturated carbocycles. The third-order valence-corrected chi connectivity index (χ3v) is 4.77. The van der Waals surface area contributed by atoms with Gasteiger partial charge in [0.2, 0.25) is 11.8 Å². The number of benzene rings is 2. The van der Waals surface area contributed by atoms with E-state index in [-0.39, 0.29) is 17.9 Å². The van der Waals surface area contributed by atoms with E-state index in [4.69, 9.17) is 0 Å². The van der Waals surface area contributed by atoms with Crippen LogP contribution in [0.1, 0.15) is 38.7 Å². The summed E-state index contributed by atoms with van der Waals surface area (Å²) in [5.74, 6) is 0.680. The molecule has 1 N–H and O–H groups in total. The van der Waals surface area contributed by atoms with Gasteiger partial charge in [-0.3, -0.25) is 9.59 Å². The van der Waals surface area contributed by atoms with E-state index < -0.39 is 0 Å². The van der Waals surface area contributed by atoms with Crippen LogP contribution in [0.2, 0.25) is 0 Å². The highest BCUT2D eigenvalue weighted by Crippen LogP contribution is 2.22. The number of hydrogen-bond donors (Lipinski definition) is 1. The largest absolute Gasteiger partial charge is 0.351 e. The summed E-state index contributed by atoms with van der Waals surface area (Å²) in [7, 11) is 0. The predicted molar refractivity (Wildman–Crippen MR) is 100.0 cm³/mol. The first-order valence-electron chi connectivity index (χ1n) is 9.06. The molecule has 0 unspecified atom stereocenters. The Kier molecular flexibility index (Phi) is 5.37. The number of hydrogen-bond acceptors (Lipinski definition) is 2. The molecule has 0 bridgehead atoms. The minimum absolute atomic E-state index is 0.0542. The maximum atomic E-state index is 12.3. The topological polar surface area (TPSA) is 49.4 Å². The summed E-state index contributed by atoms with van der Waals surface area (Å²) < 4.78 is 0. The lowest BCUT2D eigenvalue weighted by molar-refractivity contribution is -0.128. The summed E-state index contributed by atoms with van der Waals surface area (Å²) in [5.41, 5.74) is 1.15. The first-order chi connectivity index (χ1) is 12.0. The monoisotopic (exact) mass is 338 g/mol. The Morgan fingerprint density at radius 2 is 1.96 bits per heavy atom. The number of carbonyl (C=O) groups excluding carboxylic acids is 2. The molecule has 0 aromatic heterocycles. The highest BCUT2D eigenvalue weighted by Gasteiger charge is 2.30. The molecule has 1 heterocycles. The summed E-state index contributed by atoms with van der Waals surface area (Å²) in [6.45, 7) is 5.41. The fourth-order valence-corrected chi connectivity index (χ4v) is 3.38. The molecule has 2 aromatic rings. The van der Waals surface area contributed by atoms with E-state index in [0.29, 0.717) is 31.8 Å². The van der Waals surface area contributed by atoms with Crippen LogP contribution < -0.4 is 5.32 Å². The molecule has 3 rings (SSSR count). The Hall–Kier alpha value is -2.36. The van der Waals surface area contributed by atoms with Gasteiger partial charge in [-0.25, -0.2) is 0 Å². The van der Waals surface area contributed by atoms with Gasteiger partial charge in [0.25, 0.3) is 0 Å². The van der Waals surface area contributed by atoms with Crippen LogP contribution in [-0.2, 0) is 16.1 Å². The van der Waals surface area contributed by atoms with Gasteiger partial charge < -0.3 is 10.2 Å². The van der Waals surface area contributed by atoms with Crippen molar-refractivity contribution in [2.45, 2.75) is 45.7 Å². The Bertz CT molecular complexity index is 764. The normalized spacial score (nSPS) is 17.5. The number of fused-ring (bicyclic) bond motifs is 1. The minimum Gasteiger partial charge on any atom is -0.351 e. The van der Waals surface area contributed by atoms with E-state index in [1.54, 1.807) is 0 Å². The van der Waals surface area contributed by atoms with Crippen molar-refractivity contribution in [2.24, 2.45) is 5.92 Å². The Balaban J connectivity index is 1.62. The lowest BCUT2D eigenvalue weighted by Crippen LogP contribution is -2.37. The van der Waals surface area contributed by atoms with Crippen molar-refractivity contribution in [3.8, 4) is 0 Å². The summed E-state index contributed by atoms with van der Waals surface area (Å²) in [6.07, 6.45) is 1.82. The summed E-state index contributed by atoms with van der Waals surface area (Å²) in [6, 6.07) is 14.3. The van der Waals surface area contributed by atoms with E-state index in [0.717, 1.165) is 12.0 Å². The summed E-state index contributed by atoms with van der Waals surface area (Å²) in [5, 5.41) is 5.38. The molecule has 1 aliphatic rings.